The molecule has 0 radical (unpaired) electrons. The fraction of sp³-hybridized carbons (Fsp3) is 0.267. The molecule has 198 valence electrons. The van der Waals surface area contributed by atoms with Gasteiger partial charge in [-0.25, -0.2) is 0 Å². The highest BCUT2D eigenvalue weighted by atomic mass is 35.5. The third-order valence-electron chi connectivity index (χ3n) is 7.37. The van der Waals surface area contributed by atoms with E-state index in [2.05, 4.69) is 15.5 Å². The molecular formula is C30H27ClN4O4. The third kappa shape index (κ3) is 4.76. The predicted molar refractivity (Wildman–Crippen MR) is 149 cm³/mol. The van der Waals surface area contributed by atoms with Crippen LogP contribution in [0.25, 0.3) is 21.8 Å². The molecule has 1 aliphatic carbocycles. The maximum absolute atomic E-state index is 13.8. The largest absolute Gasteiger partial charge is 0.474 e. The van der Waals surface area contributed by atoms with Gasteiger partial charge in [0.05, 0.1) is 16.7 Å². The lowest BCUT2D eigenvalue weighted by Crippen LogP contribution is -2.43. The average Bonchev–Trinajstić information content (AvgIpc) is 3.34. The van der Waals surface area contributed by atoms with E-state index in [1.165, 1.54) is 0 Å². The Bertz CT molecular complexity index is 1700. The van der Waals surface area contributed by atoms with Gasteiger partial charge in [-0.05, 0) is 56.9 Å². The van der Waals surface area contributed by atoms with E-state index in [1.807, 2.05) is 47.0 Å². The molecule has 8 nitrogen and oxygen atoms in total. The Kier molecular flexibility index (Phi) is 6.79. The number of amides is 1. The monoisotopic (exact) mass is 542 g/mol. The molecular weight excluding hydrogens is 516 g/mol. The molecule has 5 aromatic rings. The molecule has 3 unspecified atom stereocenters. The summed E-state index contributed by atoms with van der Waals surface area (Å²) in [6.07, 6.45) is 5.46. The summed E-state index contributed by atoms with van der Waals surface area (Å²) >= 11 is 6.59. The van der Waals surface area contributed by atoms with Crippen molar-refractivity contribution in [3.05, 3.63) is 99.8 Å². The van der Waals surface area contributed by atoms with Gasteiger partial charge in [0.15, 0.2) is 0 Å². The quantitative estimate of drug-likeness (QED) is 0.286. The number of nitrogens with zero attached hydrogens (tertiary/aromatic N) is 3. The maximum Gasteiger partial charge on any atom is 0.266 e. The maximum atomic E-state index is 13.8. The van der Waals surface area contributed by atoms with E-state index in [4.69, 9.17) is 20.9 Å². The predicted octanol–water partition coefficient (Wildman–Crippen LogP) is 5.92. The van der Waals surface area contributed by atoms with Gasteiger partial charge in [-0.2, -0.15) is 0 Å². The molecule has 0 saturated heterocycles. The van der Waals surface area contributed by atoms with Crippen LogP contribution in [0.5, 0.6) is 5.75 Å². The van der Waals surface area contributed by atoms with Crippen LogP contribution in [0.4, 0.5) is 0 Å². The van der Waals surface area contributed by atoms with E-state index in [0.29, 0.717) is 44.8 Å². The first-order valence-electron chi connectivity index (χ1n) is 13.0. The molecule has 3 heterocycles. The molecule has 0 aliphatic heterocycles. The van der Waals surface area contributed by atoms with Crippen molar-refractivity contribution in [2.75, 3.05) is 0 Å². The zero-order chi connectivity index (χ0) is 26.9. The minimum absolute atomic E-state index is 0.134. The van der Waals surface area contributed by atoms with Crippen molar-refractivity contribution < 1.29 is 14.1 Å². The van der Waals surface area contributed by atoms with Gasteiger partial charge in [0.2, 0.25) is 6.10 Å². The molecule has 1 fully saturated rings. The smallest absolute Gasteiger partial charge is 0.266 e. The first-order valence-corrected chi connectivity index (χ1v) is 13.4. The summed E-state index contributed by atoms with van der Waals surface area (Å²) in [4.78, 5) is 31.5. The summed E-state index contributed by atoms with van der Waals surface area (Å²) < 4.78 is 13.3. The van der Waals surface area contributed by atoms with Gasteiger partial charge < -0.3 is 19.1 Å². The number of carbonyl (C=O) groups excluding carboxylic acids is 1. The van der Waals surface area contributed by atoms with Gasteiger partial charge in [-0.15, -0.1) is 0 Å². The van der Waals surface area contributed by atoms with E-state index in [-0.39, 0.29) is 23.6 Å². The topological polar surface area (TPSA) is 99.2 Å². The Balaban J connectivity index is 1.31. The van der Waals surface area contributed by atoms with Gasteiger partial charge >= 0.3 is 0 Å². The summed E-state index contributed by atoms with van der Waals surface area (Å²) in [5.41, 5.74) is 1.79. The second kappa shape index (κ2) is 10.5. The van der Waals surface area contributed by atoms with Gasteiger partial charge in [-0.1, -0.05) is 53.2 Å². The Labute approximate surface area is 229 Å². The number of benzene rings is 2. The second-order valence-electron chi connectivity index (χ2n) is 9.89. The van der Waals surface area contributed by atoms with Crippen LogP contribution in [0.1, 0.15) is 49.2 Å². The van der Waals surface area contributed by atoms with Crippen LogP contribution in [0.15, 0.2) is 82.4 Å². The zero-order valence-electron chi connectivity index (χ0n) is 21.3. The Morgan fingerprint density at radius 1 is 1.10 bits per heavy atom. The number of hydrogen-bond donors (Lipinski definition) is 1. The number of aryl methyl sites for hydroxylation is 1. The van der Waals surface area contributed by atoms with Gasteiger partial charge in [0.1, 0.15) is 22.4 Å². The number of fused-ring (bicyclic) bond motifs is 3. The molecule has 2 aromatic carbocycles. The minimum Gasteiger partial charge on any atom is -0.474 e. The van der Waals surface area contributed by atoms with Crippen molar-refractivity contribution in [1.29, 1.82) is 0 Å². The number of halogens is 1. The molecule has 1 amide bonds. The number of rotatable bonds is 6. The minimum atomic E-state index is -0.839. The van der Waals surface area contributed by atoms with Crippen LogP contribution in [-0.2, 0) is 4.79 Å². The normalized spacial score (nSPS) is 18.2. The van der Waals surface area contributed by atoms with Crippen molar-refractivity contribution in [2.24, 2.45) is 0 Å². The fourth-order valence-corrected chi connectivity index (χ4v) is 5.85. The summed E-state index contributed by atoms with van der Waals surface area (Å²) in [5.74, 6) is 0.737. The number of hydrogen-bond acceptors (Lipinski definition) is 6. The Morgan fingerprint density at radius 3 is 2.74 bits per heavy atom. The number of nitrogens with one attached hydrogen (secondary N) is 1. The molecule has 3 aromatic heterocycles. The molecule has 9 heteroatoms. The third-order valence-corrected chi connectivity index (χ3v) is 7.69. The van der Waals surface area contributed by atoms with Crippen molar-refractivity contribution in [3.8, 4) is 5.75 Å². The van der Waals surface area contributed by atoms with Gasteiger partial charge in [0.25, 0.3) is 11.5 Å². The lowest BCUT2D eigenvalue weighted by molar-refractivity contribution is -0.129. The van der Waals surface area contributed by atoms with Crippen molar-refractivity contribution in [2.45, 2.75) is 50.8 Å². The first kappa shape index (κ1) is 25.1. The Morgan fingerprint density at radius 2 is 1.95 bits per heavy atom. The van der Waals surface area contributed by atoms with Crippen molar-refractivity contribution in [3.63, 3.8) is 0 Å². The van der Waals surface area contributed by atoms with E-state index in [0.717, 1.165) is 24.8 Å². The van der Waals surface area contributed by atoms with Crippen LogP contribution in [-0.4, -0.2) is 26.7 Å². The Hall–Kier alpha value is -4.17. The molecule has 0 spiro atoms. The number of pyridine rings is 2. The number of aromatic nitrogens is 3. The standard InChI is InChI=1S/C30H27ClN4O4/c1-18-25-27(34-39-18)26-23(31)13-6-14-24(26)35(30(25)37)21-11-5-10-20(16-21)33-29(36)28(19-8-3-2-4-9-19)38-22-12-7-15-32-17-22/h2-4,6-9,12-15,17,20-21,28H,5,10-11,16H2,1H3,(H,33,36). The van der Waals surface area contributed by atoms with Crippen LogP contribution >= 0.6 is 11.6 Å². The molecule has 39 heavy (non-hydrogen) atoms. The highest BCUT2D eigenvalue weighted by Crippen LogP contribution is 2.35. The van der Waals surface area contributed by atoms with E-state index in [9.17, 15) is 9.59 Å². The summed E-state index contributed by atoms with van der Waals surface area (Å²) in [5, 5.41) is 9.00. The lowest BCUT2D eigenvalue weighted by atomic mass is 9.89. The summed E-state index contributed by atoms with van der Waals surface area (Å²) in [6.45, 7) is 1.74. The van der Waals surface area contributed by atoms with Crippen LogP contribution in [0.2, 0.25) is 5.02 Å². The van der Waals surface area contributed by atoms with E-state index >= 15 is 0 Å². The fourth-order valence-electron chi connectivity index (χ4n) is 5.60. The molecule has 6 rings (SSSR count). The highest BCUT2D eigenvalue weighted by molar-refractivity contribution is 6.37. The summed E-state index contributed by atoms with van der Waals surface area (Å²) in [6, 6.07) is 18.2. The highest BCUT2D eigenvalue weighted by Gasteiger charge is 2.31. The second-order valence-corrected chi connectivity index (χ2v) is 10.3. The zero-order valence-corrected chi connectivity index (χ0v) is 22.1. The van der Waals surface area contributed by atoms with E-state index < -0.39 is 6.10 Å². The number of carbonyl (C=O) groups is 1. The number of ether oxygens (including phenoxy) is 1. The molecule has 3 atom stereocenters. The molecule has 1 saturated carbocycles. The SMILES string of the molecule is Cc1onc2c1c(=O)n(C1CCCC(NC(=O)C(Oc3cccnc3)c3ccccc3)C1)c1cccc(Cl)c21. The average molecular weight is 543 g/mol. The van der Waals surface area contributed by atoms with Crippen LogP contribution in [0, 0.1) is 6.92 Å². The van der Waals surface area contributed by atoms with Crippen LogP contribution in [0.3, 0.4) is 0 Å². The molecule has 1 N–H and O–H groups in total. The first-order chi connectivity index (χ1) is 19.0. The molecule has 1 aliphatic rings. The van der Waals surface area contributed by atoms with E-state index in [1.54, 1.807) is 37.5 Å². The van der Waals surface area contributed by atoms with Crippen molar-refractivity contribution in [1.82, 2.24) is 20.0 Å². The summed E-state index contributed by atoms with van der Waals surface area (Å²) in [7, 11) is 0. The lowest BCUT2D eigenvalue weighted by Gasteiger charge is -2.33. The van der Waals surface area contributed by atoms with Gasteiger partial charge in [0, 0.05) is 29.2 Å². The molecule has 0 bridgehead atoms. The van der Waals surface area contributed by atoms with Gasteiger partial charge in [-0.3, -0.25) is 14.6 Å². The van der Waals surface area contributed by atoms with Crippen molar-refractivity contribution >= 4 is 39.3 Å². The van der Waals surface area contributed by atoms with Crippen LogP contribution < -0.4 is 15.6 Å².